The number of hydrogen-bond acceptors (Lipinski definition) is 2. The standard InChI is InChI=1S/C20H20Cl2N2O2/c1-13-17(22)3-2-4-18(13)24-12-15(11-19(24)25)20(26)23-10-9-14-5-7-16(21)8-6-14/h2-8,15H,9-12H2,1H3,(H,23,26). The summed E-state index contributed by atoms with van der Waals surface area (Å²) in [6.45, 7) is 2.79. The van der Waals surface area contributed by atoms with Gasteiger partial charge < -0.3 is 10.2 Å². The van der Waals surface area contributed by atoms with E-state index in [-0.39, 0.29) is 24.2 Å². The minimum absolute atomic E-state index is 0.0479. The van der Waals surface area contributed by atoms with Gasteiger partial charge in [0.05, 0.1) is 5.92 Å². The summed E-state index contributed by atoms with van der Waals surface area (Å²) in [6, 6.07) is 13.0. The number of anilines is 1. The van der Waals surface area contributed by atoms with Crippen LogP contribution in [0.5, 0.6) is 0 Å². The van der Waals surface area contributed by atoms with E-state index in [1.54, 1.807) is 11.0 Å². The molecule has 136 valence electrons. The molecule has 2 aromatic carbocycles. The molecule has 1 fully saturated rings. The molecule has 1 aliphatic rings. The van der Waals surface area contributed by atoms with Gasteiger partial charge in [0.25, 0.3) is 0 Å². The first kappa shape index (κ1) is 18.7. The molecule has 6 heteroatoms. The Hall–Kier alpha value is -2.04. The number of benzene rings is 2. The monoisotopic (exact) mass is 390 g/mol. The van der Waals surface area contributed by atoms with Crippen LogP contribution in [0, 0.1) is 12.8 Å². The summed E-state index contributed by atoms with van der Waals surface area (Å²) in [4.78, 5) is 26.5. The van der Waals surface area contributed by atoms with E-state index in [4.69, 9.17) is 23.2 Å². The molecule has 1 heterocycles. The van der Waals surface area contributed by atoms with Crippen molar-refractivity contribution in [1.29, 1.82) is 0 Å². The molecule has 1 saturated heterocycles. The van der Waals surface area contributed by atoms with Crippen molar-refractivity contribution >= 4 is 40.7 Å². The lowest BCUT2D eigenvalue weighted by molar-refractivity contribution is -0.126. The highest BCUT2D eigenvalue weighted by Crippen LogP contribution is 2.31. The zero-order chi connectivity index (χ0) is 18.7. The van der Waals surface area contributed by atoms with Gasteiger partial charge in [0.2, 0.25) is 11.8 Å². The van der Waals surface area contributed by atoms with Crippen LogP contribution in [0.2, 0.25) is 10.0 Å². The smallest absolute Gasteiger partial charge is 0.227 e. The summed E-state index contributed by atoms with van der Waals surface area (Å²) >= 11 is 12.0. The molecule has 1 atom stereocenters. The molecule has 0 bridgehead atoms. The maximum Gasteiger partial charge on any atom is 0.227 e. The number of halogens is 2. The van der Waals surface area contributed by atoms with Crippen molar-refractivity contribution in [3.8, 4) is 0 Å². The van der Waals surface area contributed by atoms with Gasteiger partial charge >= 0.3 is 0 Å². The highest BCUT2D eigenvalue weighted by Gasteiger charge is 2.35. The molecular formula is C20H20Cl2N2O2. The van der Waals surface area contributed by atoms with E-state index in [1.807, 2.05) is 43.3 Å². The quantitative estimate of drug-likeness (QED) is 0.837. The average Bonchev–Trinajstić information content (AvgIpc) is 3.01. The van der Waals surface area contributed by atoms with Crippen molar-refractivity contribution in [2.45, 2.75) is 19.8 Å². The Morgan fingerprint density at radius 3 is 2.65 bits per heavy atom. The summed E-state index contributed by atoms with van der Waals surface area (Å²) < 4.78 is 0. The maximum atomic E-state index is 12.4. The van der Waals surface area contributed by atoms with Crippen molar-refractivity contribution in [2.24, 2.45) is 5.92 Å². The third-order valence-corrected chi connectivity index (χ3v) is 5.31. The van der Waals surface area contributed by atoms with Crippen molar-refractivity contribution < 1.29 is 9.59 Å². The van der Waals surface area contributed by atoms with Crippen LogP contribution in [0.3, 0.4) is 0 Å². The topological polar surface area (TPSA) is 49.4 Å². The number of hydrogen-bond donors (Lipinski definition) is 1. The summed E-state index contributed by atoms with van der Waals surface area (Å²) in [5, 5.41) is 4.24. The Labute approximate surface area is 163 Å². The van der Waals surface area contributed by atoms with E-state index in [1.165, 1.54) is 0 Å². The van der Waals surface area contributed by atoms with Gasteiger partial charge in [-0.25, -0.2) is 0 Å². The van der Waals surface area contributed by atoms with Gasteiger partial charge in [-0.05, 0) is 48.7 Å². The minimum Gasteiger partial charge on any atom is -0.355 e. The first-order chi connectivity index (χ1) is 12.5. The molecule has 0 saturated carbocycles. The summed E-state index contributed by atoms with van der Waals surface area (Å²) in [6.07, 6.45) is 0.944. The van der Waals surface area contributed by atoms with Gasteiger partial charge in [-0.2, -0.15) is 0 Å². The van der Waals surface area contributed by atoms with Gasteiger partial charge in [0.1, 0.15) is 0 Å². The second-order valence-electron chi connectivity index (χ2n) is 6.46. The number of nitrogens with zero attached hydrogens (tertiary/aromatic N) is 1. The van der Waals surface area contributed by atoms with Crippen LogP contribution in [0.1, 0.15) is 17.5 Å². The Morgan fingerprint density at radius 2 is 1.92 bits per heavy atom. The zero-order valence-electron chi connectivity index (χ0n) is 14.5. The van der Waals surface area contributed by atoms with Crippen molar-refractivity contribution in [3.63, 3.8) is 0 Å². The molecule has 3 rings (SSSR count). The molecule has 1 aliphatic heterocycles. The number of carbonyl (C=O) groups excluding carboxylic acids is 2. The van der Waals surface area contributed by atoms with Gasteiger partial charge in [-0.1, -0.05) is 41.4 Å². The second-order valence-corrected chi connectivity index (χ2v) is 7.30. The highest BCUT2D eigenvalue weighted by atomic mass is 35.5. The Balaban J connectivity index is 1.57. The van der Waals surface area contributed by atoms with E-state index in [0.29, 0.717) is 23.1 Å². The lowest BCUT2D eigenvalue weighted by atomic mass is 10.1. The fourth-order valence-electron chi connectivity index (χ4n) is 3.13. The van der Waals surface area contributed by atoms with Crippen LogP contribution >= 0.6 is 23.2 Å². The summed E-state index contributed by atoms with van der Waals surface area (Å²) in [5.41, 5.74) is 2.73. The third-order valence-electron chi connectivity index (χ3n) is 4.65. The third kappa shape index (κ3) is 4.19. The van der Waals surface area contributed by atoms with Crippen LogP contribution < -0.4 is 10.2 Å². The first-order valence-corrected chi connectivity index (χ1v) is 9.29. The normalized spacial score (nSPS) is 16.8. The van der Waals surface area contributed by atoms with Gasteiger partial charge in [-0.3, -0.25) is 9.59 Å². The van der Waals surface area contributed by atoms with E-state index < -0.39 is 0 Å². The molecule has 2 amide bonds. The molecule has 4 nitrogen and oxygen atoms in total. The van der Waals surface area contributed by atoms with E-state index >= 15 is 0 Å². The van der Waals surface area contributed by atoms with Crippen LogP contribution in [0.15, 0.2) is 42.5 Å². The van der Waals surface area contributed by atoms with E-state index in [2.05, 4.69) is 5.32 Å². The number of rotatable bonds is 5. The van der Waals surface area contributed by atoms with Crippen LogP contribution in [0.25, 0.3) is 0 Å². The average molecular weight is 391 g/mol. The maximum absolute atomic E-state index is 12.4. The predicted molar refractivity (Wildman–Crippen MR) is 105 cm³/mol. The van der Waals surface area contributed by atoms with Crippen molar-refractivity contribution in [3.05, 3.63) is 63.6 Å². The fraction of sp³-hybridized carbons (Fsp3) is 0.300. The molecule has 1 N–H and O–H groups in total. The van der Waals surface area contributed by atoms with Gasteiger partial charge in [0, 0.05) is 35.2 Å². The minimum atomic E-state index is -0.342. The lowest BCUT2D eigenvalue weighted by Gasteiger charge is -2.19. The number of amides is 2. The van der Waals surface area contributed by atoms with Crippen LogP contribution in [-0.4, -0.2) is 24.9 Å². The zero-order valence-corrected chi connectivity index (χ0v) is 16.0. The Bertz CT molecular complexity index is 821. The molecule has 1 unspecified atom stereocenters. The van der Waals surface area contributed by atoms with Crippen molar-refractivity contribution in [1.82, 2.24) is 5.32 Å². The number of nitrogens with one attached hydrogen (secondary N) is 1. The Morgan fingerprint density at radius 1 is 1.19 bits per heavy atom. The Kier molecular flexibility index (Phi) is 5.84. The summed E-state index contributed by atoms with van der Waals surface area (Å²) in [5.74, 6) is -0.478. The van der Waals surface area contributed by atoms with Crippen LogP contribution in [-0.2, 0) is 16.0 Å². The first-order valence-electron chi connectivity index (χ1n) is 8.53. The molecule has 0 aliphatic carbocycles. The lowest BCUT2D eigenvalue weighted by Crippen LogP contribution is -2.34. The number of carbonyl (C=O) groups is 2. The van der Waals surface area contributed by atoms with E-state index in [9.17, 15) is 9.59 Å². The van der Waals surface area contributed by atoms with E-state index in [0.717, 1.165) is 23.2 Å². The summed E-state index contributed by atoms with van der Waals surface area (Å²) in [7, 11) is 0. The molecule has 0 radical (unpaired) electrons. The molecular weight excluding hydrogens is 371 g/mol. The largest absolute Gasteiger partial charge is 0.355 e. The molecule has 2 aromatic rings. The highest BCUT2D eigenvalue weighted by molar-refractivity contribution is 6.31. The van der Waals surface area contributed by atoms with Gasteiger partial charge in [-0.15, -0.1) is 0 Å². The molecule has 0 spiro atoms. The predicted octanol–water partition coefficient (Wildman–Crippen LogP) is 4.01. The molecule has 26 heavy (non-hydrogen) atoms. The van der Waals surface area contributed by atoms with Crippen LogP contribution in [0.4, 0.5) is 5.69 Å². The van der Waals surface area contributed by atoms with Crippen molar-refractivity contribution in [2.75, 3.05) is 18.0 Å². The fourth-order valence-corrected chi connectivity index (χ4v) is 3.43. The molecule has 0 aromatic heterocycles. The SMILES string of the molecule is Cc1c(Cl)cccc1N1CC(C(=O)NCCc2ccc(Cl)cc2)CC1=O. The second kappa shape index (κ2) is 8.11. The van der Waals surface area contributed by atoms with Gasteiger partial charge in [0.15, 0.2) is 0 Å².